The van der Waals surface area contributed by atoms with Crippen LogP contribution in [0.1, 0.15) is 51.5 Å². The van der Waals surface area contributed by atoms with Crippen LogP contribution < -0.4 is 4.74 Å². The standard InChI is InChI=1S/C21H30O2/c1-4-21(22)14-8-12-19(21)15-17(2)9-5-6-10-18-11-7-13-20(16-18)23-3/h5,7,9,11-13,16-17,22H,4,6,8,10,14-15H2,1-3H3/b9-5+. The Hall–Kier alpha value is -1.54. The zero-order chi connectivity index (χ0) is 16.7. The van der Waals surface area contributed by atoms with Gasteiger partial charge in [-0.1, -0.05) is 44.2 Å². The first-order valence-electron chi connectivity index (χ1n) is 8.79. The lowest BCUT2D eigenvalue weighted by Crippen LogP contribution is -2.27. The molecule has 126 valence electrons. The zero-order valence-electron chi connectivity index (χ0n) is 14.7. The highest BCUT2D eigenvalue weighted by atomic mass is 16.5. The van der Waals surface area contributed by atoms with E-state index in [0.717, 1.165) is 44.3 Å². The van der Waals surface area contributed by atoms with E-state index in [-0.39, 0.29) is 0 Å². The number of allylic oxidation sites excluding steroid dienone is 3. The van der Waals surface area contributed by atoms with Crippen LogP contribution in [0.5, 0.6) is 5.75 Å². The molecule has 0 aliphatic heterocycles. The minimum Gasteiger partial charge on any atom is -0.497 e. The van der Waals surface area contributed by atoms with Crippen molar-refractivity contribution in [1.82, 2.24) is 0 Å². The molecule has 0 saturated heterocycles. The molecule has 1 aliphatic rings. The van der Waals surface area contributed by atoms with Crippen molar-refractivity contribution in [2.75, 3.05) is 7.11 Å². The van der Waals surface area contributed by atoms with E-state index in [2.05, 4.69) is 44.2 Å². The Morgan fingerprint density at radius 3 is 2.96 bits per heavy atom. The number of aliphatic hydroxyl groups is 1. The first-order valence-corrected chi connectivity index (χ1v) is 8.79. The summed E-state index contributed by atoms with van der Waals surface area (Å²) in [4.78, 5) is 0. The lowest BCUT2D eigenvalue weighted by Gasteiger charge is -2.26. The van der Waals surface area contributed by atoms with Crippen LogP contribution in [0, 0.1) is 5.92 Å². The van der Waals surface area contributed by atoms with Crippen molar-refractivity contribution in [3.8, 4) is 5.75 Å². The molecule has 0 saturated carbocycles. The molecule has 0 amide bonds. The summed E-state index contributed by atoms with van der Waals surface area (Å²) >= 11 is 0. The van der Waals surface area contributed by atoms with E-state index in [4.69, 9.17) is 4.74 Å². The van der Waals surface area contributed by atoms with Gasteiger partial charge in [-0.2, -0.15) is 0 Å². The van der Waals surface area contributed by atoms with Crippen molar-refractivity contribution in [3.63, 3.8) is 0 Å². The van der Waals surface area contributed by atoms with Crippen molar-refractivity contribution in [3.05, 3.63) is 53.6 Å². The van der Waals surface area contributed by atoms with Crippen molar-refractivity contribution in [2.24, 2.45) is 5.92 Å². The first kappa shape index (κ1) is 17.8. The quantitative estimate of drug-likeness (QED) is 0.679. The second-order valence-corrected chi connectivity index (χ2v) is 6.65. The average Bonchev–Trinajstić information content (AvgIpc) is 2.93. The van der Waals surface area contributed by atoms with Gasteiger partial charge >= 0.3 is 0 Å². The predicted molar refractivity (Wildman–Crippen MR) is 96.8 cm³/mol. The summed E-state index contributed by atoms with van der Waals surface area (Å²) in [5, 5.41) is 10.6. The molecule has 0 aromatic heterocycles. The highest BCUT2D eigenvalue weighted by Gasteiger charge is 2.32. The molecule has 2 atom stereocenters. The summed E-state index contributed by atoms with van der Waals surface area (Å²) in [6, 6.07) is 8.26. The number of aryl methyl sites for hydroxylation is 1. The first-order chi connectivity index (χ1) is 11.1. The summed E-state index contributed by atoms with van der Waals surface area (Å²) in [5.41, 5.74) is 2.01. The summed E-state index contributed by atoms with van der Waals surface area (Å²) in [6.07, 6.45) is 12.6. The lowest BCUT2D eigenvalue weighted by atomic mass is 9.87. The van der Waals surface area contributed by atoms with E-state index >= 15 is 0 Å². The minimum absolute atomic E-state index is 0.475. The second kappa shape index (κ2) is 8.35. The van der Waals surface area contributed by atoms with Crippen LogP contribution in [0.3, 0.4) is 0 Å². The number of hydrogen-bond donors (Lipinski definition) is 1. The molecular weight excluding hydrogens is 284 g/mol. The van der Waals surface area contributed by atoms with Gasteiger partial charge < -0.3 is 9.84 Å². The van der Waals surface area contributed by atoms with E-state index < -0.39 is 5.60 Å². The molecule has 23 heavy (non-hydrogen) atoms. The highest BCUT2D eigenvalue weighted by molar-refractivity contribution is 5.28. The van der Waals surface area contributed by atoms with Gasteiger partial charge in [0.2, 0.25) is 0 Å². The molecule has 1 aromatic carbocycles. The second-order valence-electron chi connectivity index (χ2n) is 6.65. The van der Waals surface area contributed by atoms with E-state index in [0.29, 0.717) is 5.92 Å². The Morgan fingerprint density at radius 2 is 2.22 bits per heavy atom. The Labute approximate surface area is 140 Å². The number of rotatable bonds is 8. The fourth-order valence-corrected chi connectivity index (χ4v) is 3.33. The SMILES string of the molecule is CCC1(O)CCC=C1CC(C)/C=C/CCc1cccc(OC)c1. The molecule has 2 nitrogen and oxygen atoms in total. The molecule has 0 radical (unpaired) electrons. The third kappa shape index (κ3) is 4.97. The molecular formula is C21H30O2. The monoisotopic (exact) mass is 314 g/mol. The van der Waals surface area contributed by atoms with E-state index in [1.807, 2.05) is 12.1 Å². The van der Waals surface area contributed by atoms with Crippen LogP contribution in [0.15, 0.2) is 48.1 Å². The summed E-state index contributed by atoms with van der Waals surface area (Å²) in [6.45, 7) is 4.31. The van der Waals surface area contributed by atoms with Crippen LogP contribution in [0.2, 0.25) is 0 Å². The van der Waals surface area contributed by atoms with Crippen molar-refractivity contribution in [1.29, 1.82) is 0 Å². The van der Waals surface area contributed by atoms with Gasteiger partial charge in [-0.25, -0.2) is 0 Å². The van der Waals surface area contributed by atoms with Crippen molar-refractivity contribution < 1.29 is 9.84 Å². The number of methoxy groups -OCH3 is 1. The predicted octanol–water partition coefficient (Wildman–Crippen LogP) is 5.07. The summed E-state index contributed by atoms with van der Waals surface area (Å²) in [7, 11) is 1.70. The normalized spacial score (nSPS) is 22.3. The van der Waals surface area contributed by atoms with Crippen LogP contribution in [0.4, 0.5) is 0 Å². The van der Waals surface area contributed by atoms with Gasteiger partial charge in [0, 0.05) is 0 Å². The van der Waals surface area contributed by atoms with Gasteiger partial charge in [0.05, 0.1) is 12.7 Å². The molecule has 0 fully saturated rings. The molecule has 2 heteroatoms. The maximum Gasteiger partial charge on any atom is 0.119 e. The Morgan fingerprint density at radius 1 is 1.39 bits per heavy atom. The number of ether oxygens (including phenoxy) is 1. The molecule has 1 aliphatic carbocycles. The molecule has 0 heterocycles. The fourth-order valence-electron chi connectivity index (χ4n) is 3.33. The van der Waals surface area contributed by atoms with Crippen molar-refractivity contribution in [2.45, 2.75) is 58.0 Å². The van der Waals surface area contributed by atoms with Crippen LogP contribution in [0.25, 0.3) is 0 Å². The minimum atomic E-state index is -0.539. The Balaban J connectivity index is 1.79. The van der Waals surface area contributed by atoms with Crippen LogP contribution in [-0.2, 0) is 6.42 Å². The lowest BCUT2D eigenvalue weighted by molar-refractivity contribution is 0.0708. The van der Waals surface area contributed by atoms with Gasteiger partial charge in [-0.15, -0.1) is 0 Å². The number of hydrogen-bond acceptors (Lipinski definition) is 2. The molecule has 1 N–H and O–H groups in total. The van der Waals surface area contributed by atoms with E-state index in [1.165, 1.54) is 11.1 Å². The van der Waals surface area contributed by atoms with Crippen molar-refractivity contribution >= 4 is 0 Å². The highest BCUT2D eigenvalue weighted by Crippen LogP contribution is 2.37. The molecule has 1 aromatic rings. The molecule has 2 unspecified atom stereocenters. The Bertz CT molecular complexity index is 559. The molecule has 2 rings (SSSR count). The van der Waals surface area contributed by atoms with E-state index in [9.17, 15) is 5.11 Å². The summed E-state index contributed by atoms with van der Waals surface area (Å²) < 4.78 is 5.26. The van der Waals surface area contributed by atoms with Crippen LogP contribution in [-0.4, -0.2) is 17.8 Å². The van der Waals surface area contributed by atoms with Gasteiger partial charge in [0.15, 0.2) is 0 Å². The van der Waals surface area contributed by atoms with Gasteiger partial charge in [0.1, 0.15) is 5.75 Å². The number of benzene rings is 1. The third-order valence-corrected chi connectivity index (χ3v) is 4.87. The smallest absolute Gasteiger partial charge is 0.119 e. The third-order valence-electron chi connectivity index (χ3n) is 4.87. The maximum atomic E-state index is 10.6. The molecule has 0 spiro atoms. The Kier molecular flexibility index (Phi) is 6.47. The topological polar surface area (TPSA) is 29.5 Å². The fraction of sp³-hybridized carbons (Fsp3) is 0.524. The molecule has 0 bridgehead atoms. The van der Waals surface area contributed by atoms with Crippen LogP contribution >= 0.6 is 0 Å². The van der Waals surface area contributed by atoms with Gasteiger partial charge in [-0.05, 0) is 67.7 Å². The van der Waals surface area contributed by atoms with Gasteiger partial charge in [0.25, 0.3) is 0 Å². The largest absolute Gasteiger partial charge is 0.497 e. The zero-order valence-corrected chi connectivity index (χ0v) is 14.7. The van der Waals surface area contributed by atoms with Gasteiger partial charge in [-0.3, -0.25) is 0 Å². The maximum absolute atomic E-state index is 10.6. The average molecular weight is 314 g/mol. The summed E-state index contributed by atoms with van der Waals surface area (Å²) in [5.74, 6) is 1.40. The van der Waals surface area contributed by atoms with E-state index in [1.54, 1.807) is 7.11 Å².